The first-order valence-corrected chi connectivity index (χ1v) is 9.15. The van der Waals surface area contributed by atoms with Crippen LogP contribution < -0.4 is 20.2 Å². The van der Waals surface area contributed by atoms with Gasteiger partial charge in [0, 0.05) is 24.5 Å². The third-order valence-corrected chi connectivity index (χ3v) is 4.57. The molecule has 4 rings (SSSR count). The molecule has 30 heavy (non-hydrogen) atoms. The van der Waals surface area contributed by atoms with E-state index in [2.05, 4.69) is 20.9 Å². The molecule has 9 nitrogen and oxygen atoms in total. The summed E-state index contributed by atoms with van der Waals surface area (Å²) in [4.78, 5) is 24.6. The Labute approximate surface area is 172 Å². The van der Waals surface area contributed by atoms with E-state index in [1.807, 2.05) is 12.1 Å². The average molecular weight is 405 g/mol. The number of benzene rings is 2. The maximum absolute atomic E-state index is 12.3. The van der Waals surface area contributed by atoms with E-state index in [-0.39, 0.29) is 18.6 Å². The number of fused-ring (bicyclic) bond motifs is 1. The number of hydrogen-bond donors (Lipinski definition) is 2. The lowest BCUT2D eigenvalue weighted by Crippen LogP contribution is -2.19. The number of anilines is 1. The fourth-order valence-electron chi connectivity index (χ4n) is 2.89. The molecule has 0 fully saturated rings. The lowest BCUT2D eigenvalue weighted by Gasteiger charge is -2.07. The van der Waals surface area contributed by atoms with Crippen molar-refractivity contribution >= 4 is 23.2 Å². The minimum absolute atomic E-state index is 0.149. The number of ether oxygens (including phenoxy) is 2. The topological polar surface area (TPSA) is 107 Å². The minimum Gasteiger partial charge on any atom is -0.454 e. The van der Waals surface area contributed by atoms with Crippen LogP contribution in [0, 0.1) is 0 Å². The van der Waals surface area contributed by atoms with Gasteiger partial charge >= 0.3 is 0 Å². The molecule has 0 saturated heterocycles. The summed E-state index contributed by atoms with van der Waals surface area (Å²) in [6, 6.07) is 13.7. The predicted molar refractivity (Wildman–Crippen MR) is 110 cm³/mol. The van der Waals surface area contributed by atoms with E-state index in [1.165, 1.54) is 4.68 Å². The van der Waals surface area contributed by atoms with Crippen LogP contribution >= 0.6 is 0 Å². The number of hydrogen-bond acceptors (Lipinski definition) is 6. The highest BCUT2D eigenvalue weighted by Gasteiger charge is 2.16. The first-order chi connectivity index (χ1) is 14.5. The molecule has 0 aliphatic carbocycles. The molecule has 3 aromatic rings. The van der Waals surface area contributed by atoms with Crippen LogP contribution in [0.5, 0.6) is 11.5 Å². The van der Waals surface area contributed by atoms with Crippen molar-refractivity contribution < 1.29 is 19.1 Å². The van der Waals surface area contributed by atoms with E-state index in [1.54, 1.807) is 56.6 Å². The Morgan fingerprint density at radius 3 is 2.47 bits per heavy atom. The third-order valence-electron chi connectivity index (χ3n) is 4.57. The summed E-state index contributed by atoms with van der Waals surface area (Å²) in [5.74, 6) is 0.547. The fourth-order valence-corrected chi connectivity index (χ4v) is 2.89. The summed E-state index contributed by atoms with van der Waals surface area (Å²) < 4.78 is 12.0. The van der Waals surface area contributed by atoms with Crippen LogP contribution in [0.2, 0.25) is 0 Å². The molecule has 1 aromatic heterocycles. The first kappa shape index (κ1) is 19.2. The van der Waals surface area contributed by atoms with Crippen molar-refractivity contribution in [3.63, 3.8) is 0 Å². The molecule has 2 aromatic carbocycles. The number of carbonyl (C=O) groups excluding carboxylic acids is 2. The van der Waals surface area contributed by atoms with Gasteiger partial charge in [-0.2, -0.15) is 10.2 Å². The number of hydrazone groups is 1. The number of nitrogens with one attached hydrogen (secondary N) is 2. The van der Waals surface area contributed by atoms with E-state index >= 15 is 0 Å². The third kappa shape index (κ3) is 4.00. The Hall–Kier alpha value is -4.14. The Morgan fingerprint density at radius 1 is 1.00 bits per heavy atom. The van der Waals surface area contributed by atoms with Gasteiger partial charge in [-0.15, -0.1) is 0 Å². The summed E-state index contributed by atoms with van der Waals surface area (Å²) >= 11 is 0. The van der Waals surface area contributed by atoms with Gasteiger partial charge < -0.3 is 14.8 Å². The molecule has 0 atom stereocenters. The Morgan fingerprint density at radius 2 is 1.73 bits per heavy atom. The van der Waals surface area contributed by atoms with Crippen LogP contribution in [0.4, 0.5) is 5.69 Å². The van der Waals surface area contributed by atoms with E-state index in [0.29, 0.717) is 34.2 Å². The molecular formula is C21H19N5O4. The van der Waals surface area contributed by atoms with Crippen LogP contribution in [-0.4, -0.2) is 34.1 Å². The largest absolute Gasteiger partial charge is 0.454 e. The van der Waals surface area contributed by atoms with Gasteiger partial charge in [0.05, 0.1) is 5.71 Å². The lowest BCUT2D eigenvalue weighted by atomic mass is 10.1. The normalized spacial score (nSPS) is 12.5. The van der Waals surface area contributed by atoms with Crippen molar-refractivity contribution in [2.45, 2.75) is 6.92 Å². The number of aromatic nitrogens is 2. The molecule has 0 spiro atoms. The molecule has 1 aliphatic rings. The van der Waals surface area contributed by atoms with Gasteiger partial charge in [0.1, 0.15) is 5.69 Å². The molecule has 1 aliphatic heterocycles. The quantitative estimate of drug-likeness (QED) is 0.501. The summed E-state index contributed by atoms with van der Waals surface area (Å²) in [6.45, 7) is 1.93. The SMILES string of the molecule is CC(=NNC(=O)c1ccc2c(c1)OCO2)c1ccc(NC(=O)c2ccnn2C)cc1. The number of nitrogens with zero attached hydrogens (tertiary/aromatic N) is 3. The van der Waals surface area contributed by atoms with Crippen molar-refractivity contribution in [1.82, 2.24) is 15.2 Å². The number of amides is 2. The molecule has 152 valence electrons. The monoisotopic (exact) mass is 405 g/mol. The molecule has 0 bridgehead atoms. The number of carbonyl (C=O) groups is 2. The molecule has 0 saturated carbocycles. The lowest BCUT2D eigenvalue weighted by molar-refractivity contribution is 0.0953. The standard InChI is InChI=1S/C21H19N5O4/c1-13(24-25-20(27)15-5-8-18-19(11-15)30-12-29-18)14-3-6-16(7-4-14)23-21(28)17-9-10-22-26(17)2/h3-11H,12H2,1-2H3,(H,23,28)(H,25,27). The van der Waals surface area contributed by atoms with Crippen molar-refractivity contribution in [2.24, 2.45) is 12.1 Å². The second-order valence-corrected chi connectivity index (χ2v) is 6.58. The van der Waals surface area contributed by atoms with Gasteiger partial charge in [-0.3, -0.25) is 14.3 Å². The molecule has 0 radical (unpaired) electrons. The maximum Gasteiger partial charge on any atom is 0.273 e. The molecule has 9 heteroatoms. The van der Waals surface area contributed by atoms with Crippen molar-refractivity contribution in [3.05, 3.63) is 71.5 Å². The molecule has 2 amide bonds. The highest BCUT2D eigenvalue weighted by Crippen LogP contribution is 2.32. The highest BCUT2D eigenvalue weighted by molar-refractivity contribution is 6.04. The van der Waals surface area contributed by atoms with E-state index < -0.39 is 0 Å². The van der Waals surface area contributed by atoms with Crippen LogP contribution in [-0.2, 0) is 7.05 Å². The van der Waals surface area contributed by atoms with Crippen molar-refractivity contribution in [2.75, 3.05) is 12.1 Å². The van der Waals surface area contributed by atoms with E-state index in [0.717, 1.165) is 5.56 Å². The van der Waals surface area contributed by atoms with Crippen molar-refractivity contribution in [1.29, 1.82) is 0 Å². The summed E-state index contributed by atoms with van der Waals surface area (Å²) in [7, 11) is 1.70. The van der Waals surface area contributed by atoms with Gasteiger partial charge in [-0.1, -0.05) is 12.1 Å². The zero-order valence-electron chi connectivity index (χ0n) is 16.4. The van der Waals surface area contributed by atoms with Crippen LogP contribution in [0.3, 0.4) is 0 Å². The van der Waals surface area contributed by atoms with Crippen LogP contribution in [0.1, 0.15) is 33.3 Å². The Balaban J connectivity index is 1.39. The maximum atomic E-state index is 12.3. The number of aryl methyl sites for hydroxylation is 1. The minimum atomic E-state index is -0.354. The van der Waals surface area contributed by atoms with Gasteiger partial charge in [0.15, 0.2) is 11.5 Å². The Kier molecular flexibility index (Phi) is 5.17. The van der Waals surface area contributed by atoms with E-state index in [4.69, 9.17) is 9.47 Å². The zero-order valence-corrected chi connectivity index (χ0v) is 16.4. The second kappa shape index (κ2) is 8.08. The molecular weight excluding hydrogens is 386 g/mol. The number of rotatable bonds is 5. The molecule has 0 unspecified atom stereocenters. The zero-order chi connectivity index (χ0) is 21.1. The predicted octanol–water partition coefficient (Wildman–Crippen LogP) is 2.56. The highest BCUT2D eigenvalue weighted by atomic mass is 16.7. The van der Waals surface area contributed by atoms with Gasteiger partial charge in [-0.25, -0.2) is 5.43 Å². The molecule has 2 heterocycles. The second-order valence-electron chi connectivity index (χ2n) is 6.58. The van der Waals surface area contributed by atoms with Crippen molar-refractivity contribution in [3.8, 4) is 11.5 Å². The van der Waals surface area contributed by atoms with Gasteiger partial charge in [0.2, 0.25) is 6.79 Å². The van der Waals surface area contributed by atoms with E-state index in [9.17, 15) is 9.59 Å². The first-order valence-electron chi connectivity index (χ1n) is 9.15. The van der Waals surface area contributed by atoms with Gasteiger partial charge in [-0.05, 0) is 48.9 Å². The molecule has 2 N–H and O–H groups in total. The summed E-state index contributed by atoms with van der Waals surface area (Å²) in [6.07, 6.45) is 1.57. The van der Waals surface area contributed by atoms with Crippen LogP contribution in [0.15, 0.2) is 59.8 Å². The Bertz CT molecular complexity index is 1130. The average Bonchev–Trinajstić information content (AvgIpc) is 3.40. The van der Waals surface area contributed by atoms with Crippen LogP contribution in [0.25, 0.3) is 0 Å². The summed E-state index contributed by atoms with van der Waals surface area (Å²) in [5.41, 5.74) is 5.48. The smallest absolute Gasteiger partial charge is 0.273 e. The fraction of sp³-hybridized carbons (Fsp3) is 0.143. The van der Waals surface area contributed by atoms with Gasteiger partial charge in [0.25, 0.3) is 11.8 Å². The summed E-state index contributed by atoms with van der Waals surface area (Å²) in [5, 5.41) is 10.9.